The van der Waals surface area contributed by atoms with Crippen molar-refractivity contribution in [3.63, 3.8) is 0 Å². The van der Waals surface area contributed by atoms with E-state index in [1.165, 1.54) is 105 Å². The molecule has 1 aliphatic carbocycles. The Morgan fingerprint density at radius 3 is 1.63 bits per heavy atom. The second kappa shape index (κ2) is 17.9. The quantitative estimate of drug-likeness (QED) is 0.133. The van der Waals surface area contributed by atoms with Gasteiger partial charge in [-0.2, -0.15) is 0 Å². The molecule has 0 saturated carbocycles. The van der Waals surface area contributed by atoms with Crippen LogP contribution >= 0.6 is 0 Å². The van der Waals surface area contributed by atoms with Crippen molar-refractivity contribution in [2.75, 3.05) is 9.80 Å². The van der Waals surface area contributed by atoms with Crippen LogP contribution in [0.1, 0.15) is 42.0 Å². The number of fused-ring (bicyclic) bond motifs is 3. The first kappa shape index (κ1) is 41.7. The highest BCUT2D eigenvalue weighted by Crippen LogP contribution is 2.51. The van der Waals surface area contributed by atoms with E-state index in [0.717, 1.165) is 19.3 Å². The van der Waals surface area contributed by atoms with Gasteiger partial charge in [-0.1, -0.05) is 231 Å². The second-order valence-corrected chi connectivity index (χ2v) is 19.0. The molecule has 334 valence electrons. The Morgan fingerprint density at radius 2 is 0.914 bits per heavy atom. The molecular formula is C68H52N2. The number of hydrogen-bond acceptors (Lipinski definition) is 2. The number of anilines is 2. The lowest BCUT2D eigenvalue weighted by molar-refractivity contribution is 0.514. The van der Waals surface area contributed by atoms with Crippen LogP contribution in [0.25, 0.3) is 77.1 Å². The van der Waals surface area contributed by atoms with Crippen LogP contribution in [-0.4, -0.2) is 6.04 Å². The van der Waals surface area contributed by atoms with Crippen molar-refractivity contribution in [2.24, 2.45) is 5.92 Å². The average molecular weight is 897 g/mol. The Hall–Kier alpha value is -8.46. The molecule has 10 aromatic rings. The number of hydrogen-bond donors (Lipinski definition) is 0. The fourth-order valence-electron chi connectivity index (χ4n) is 11.8. The molecule has 0 N–H and O–H groups in total. The smallest absolute Gasteiger partial charge is 0.0626 e. The zero-order chi connectivity index (χ0) is 46.4. The minimum Gasteiger partial charge on any atom is -0.337 e. The molecule has 70 heavy (non-hydrogen) atoms. The fourth-order valence-corrected chi connectivity index (χ4v) is 11.8. The lowest BCUT2D eigenvalue weighted by Gasteiger charge is -2.35. The van der Waals surface area contributed by atoms with E-state index in [2.05, 4.69) is 271 Å². The van der Waals surface area contributed by atoms with Crippen LogP contribution in [0.5, 0.6) is 0 Å². The highest BCUT2D eigenvalue weighted by Gasteiger charge is 2.35. The maximum Gasteiger partial charge on any atom is 0.0626 e. The monoisotopic (exact) mass is 896 g/mol. The van der Waals surface area contributed by atoms with E-state index >= 15 is 0 Å². The maximum atomic E-state index is 2.66. The SMILES string of the molecule is C1=CCC(C2CC=C(c3ccccc3)N2c2ccc3c(-c4cccc(-c5ccccc5)c4)c4cc(N5C(c6ccccc6)=CCC5c5ccccc5)ccc4c(-c4cccc5ccccc45)c3c2)C=C1. The van der Waals surface area contributed by atoms with E-state index < -0.39 is 0 Å². The van der Waals surface area contributed by atoms with Gasteiger partial charge in [-0.3, -0.25) is 0 Å². The van der Waals surface area contributed by atoms with Crippen LogP contribution in [-0.2, 0) is 0 Å². The Balaban J connectivity index is 1.11. The third-order valence-electron chi connectivity index (χ3n) is 15.0. The lowest BCUT2D eigenvalue weighted by atomic mass is 9.83. The van der Waals surface area contributed by atoms with Gasteiger partial charge >= 0.3 is 0 Å². The Morgan fingerprint density at radius 1 is 0.357 bits per heavy atom. The highest BCUT2D eigenvalue weighted by atomic mass is 15.2. The summed E-state index contributed by atoms with van der Waals surface area (Å²) >= 11 is 0. The van der Waals surface area contributed by atoms with Gasteiger partial charge in [0.2, 0.25) is 0 Å². The normalized spacial score (nSPS) is 17.7. The van der Waals surface area contributed by atoms with Crippen molar-refractivity contribution < 1.29 is 0 Å². The van der Waals surface area contributed by atoms with E-state index in [4.69, 9.17) is 0 Å². The largest absolute Gasteiger partial charge is 0.337 e. The highest BCUT2D eigenvalue weighted by molar-refractivity contribution is 6.24. The van der Waals surface area contributed by atoms with Gasteiger partial charge in [0.25, 0.3) is 0 Å². The zero-order valence-corrected chi connectivity index (χ0v) is 39.1. The summed E-state index contributed by atoms with van der Waals surface area (Å²) in [7, 11) is 0. The number of nitrogens with zero attached hydrogens (tertiary/aromatic N) is 2. The third-order valence-corrected chi connectivity index (χ3v) is 15.0. The Labute approximate surface area is 411 Å². The van der Waals surface area contributed by atoms with Crippen LogP contribution in [0.4, 0.5) is 11.4 Å². The molecular weight excluding hydrogens is 845 g/mol. The first-order valence-electron chi connectivity index (χ1n) is 24.9. The summed E-state index contributed by atoms with van der Waals surface area (Å²) < 4.78 is 0. The summed E-state index contributed by atoms with van der Waals surface area (Å²) in [4.78, 5) is 5.26. The number of benzene rings is 10. The zero-order valence-electron chi connectivity index (χ0n) is 39.1. The molecule has 2 nitrogen and oxygen atoms in total. The summed E-state index contributed by atoms with van der Waals surface area (Å²) in [5.74, 6) is 0.391. The first-order valence-corrected chi connectivity index (χ1v) is 24.9. The molecule has 10 aromatic carbocycles. The molecule has 0 radical (unpaired) electrons. The first-order chi connectivity index (χ1) is 34.7. The molecule has 0 saturated heterocycles. The van der Waals surface area contributed by atoms with Gasteiger partial charge in [-0.15, -0.1) is 0 Å². The molecule has 2 heterocycles. The molecule has 13 rings (SSSR count). The van der Waals surface area contributed by atoms with Crippen LogP contribution < -0.4 is 9.80 Å². The third kappa shape index (κ3) is 7.36. The van der Waals surface area contributed by atoms with Crippen LogP contribution in [0.2, 0.25) is 0 Å². The molecule has 0 amide bonds. The molecule has 3 unspecified atom stereocenters. The van der Waals surface area contributed by atoms with E-state index in [0.29, 0.717) is 5.92 Å². The van der Waals surface area contributed by atoms with Gasteiger partial charge < -0.3 is 9.80 Å². The second-order valence-electron chi connectivity index (χ2n) is 19.0. The van der Waals surface area contributed by atoms with E-state index in [-0.39, 0.29) is 12.1 Å². The van der Waals surface area contributed by atoms with Gasteiger partial charge in [0.1, 0.15) is 0 Å². The average Bonchev–Trinajstić information content (AvgIpc) is 4.10. The predicted octanol–water partition coefficient (Wildman–Crippen LogP) is 17.9. The van der Waals surface area contributed by atoms with Gasteiger partial charge in [-0.05, 0) is 132 Å². The van der Waals surface area contributed by atoms with Crippen molar-refractivity contribution in [3.8, 4) is 33.4 Å². The Kier molecular flexibility index (Phi) is 10.7. The topological polar surface area (TPSA) is 6.48 Å². The predicted molar refractivity (Wildman–Crippen MR) is 298 cm³/mol. The molecule has 2 aliphatic heterocycles. The summed E-state index contributed by atoms with van der Waals surface area (Å²) in [5, 5.41) is 7.45. The van der Waals surface area contributed by atoms with Crippen LogP contribution in [0.15, 0.2) is 261 Å². The summed E-state index contributed by atoms with van der Waals surface area (Å²) in [6, 6.07) is 83.9. The van der Waals surface area contributed by atoms with Crippen molar-refractivity contribution in [1.29, 1.82) is 0 Å². The van der Waals surface area contributed by atoms with Crippen LogP contribution in [0, 0.1) is 5.92 Å². The number of rotatable bonds is 9. The standard InChI is InChI=1S/C68H52N2/c1-6-20-47(21-7-1)53-32-18-33-54(44-53)67-59-38-36-56(70-65(51-27-12-4-13-28-51)42-43-66(70)52-29-14-5-15-30-52)46-62(59)68(58-35-19-31-48-22-16-17-34-57(48)58)60-39-37-55(45-61(60)67)69-63(49-23-8-2-9-24-49)40-41-64(69)50-25-10-3-11-26-50/h1-29,31-40,42,44-46,52,64,66H,30,41,43H2. The van der Waals surface area contributed by atoms with Crippen molar-refractivity contribution in [3.05, 3.63) is 278 Å². The maximum absolute atomic E-state index is 2.66. The minimum atomic E-state index is 0.147. The molecule has 0 bridgehead atoms. The molecule has 2 heteroatoms. The van der Waals surface area contributed by atoms with E-state index in [1.807, 2.05) is 0 Å². The van der Waals surface area contributed by atoms with Gasteiger partial charge in [0, 0.05) is 34.7 Å². The van der Waals surface area contributed by atoms with E-state index in [9.17, 15) is 0 Å². The Bertz CT molecular complexity index is 3690. The van der Waals surface area contributed by atoms with Gasteiger partial charge in [0.15, 0.2) is 0 Å². The number of allylic oxidation sites excluding steroid dienone is 3. The molecule has 3 aliphatic rings. The van der Waals surface area contributed by atoms with Gasteiger partial charge in [-0.25, -0.2) is 0 Å². The minimum absolute atomic E-state index is 0.147. The molecule has 3 atom stereocenters. The van der Waals surface area contributed by atoms with Gasteiger partial charge in [0.05, 0.1) is 6.04 Å². The van der Waals surface area contributed by atoms with Crippen molar-refractivity contribution in [1.82, 2.24) is 0 Å². The summed E-state index contributed by atoms with van der Waals surface area (Å²) in [6.07, 6.45) is 17.0. The van der Waals surface area contributed by atoms with E-state index in [1.54, 1.807) is 0 Å². The lowest BCUT2D eigenvalue weighted by Crippen LogP contribution is -2.35. The van der Waals surface area contributed by atoms with Crippen molar-refractivity contribution in [2.45, 2.75) is 31.3 Å². The van der Waals surface area contributed by atoms with Crippen LogP contribution in [0.3, 0.4) is 0 Å². The molecule has 0 spiro atoms. The molecule has 0 fully saturated rings. The van der Waals surface area contributed by atoms with Crippen molar-refractivity contribution >= 4 is 55.1 Å². The molecule has 0 aromatic heterocycles. The fraction of sp³-hybridized carbons (Fsp3) is 0.0882. The summed E-state index contributed by atoms with van der Waals surface area (Å²) in [5.41, 5.74) is 16.1. The summed E-state index contributed by atoms with van der Waals surface area (Å²) in [6.45, 7) is 0.